The lowest BCUT2D eigenvalue weighted by Gasteiger charge is -2.08. The molecule has 0 radical (unpaired) electrons. The maximum atomic E-state index is 12.5. The predicted molar refractivity (Wildman–Crippen MR) is 115 cm³/mol. The number of amides is 1. The minimum atomic E-state index is -0.173. The standard InChI is InChI=1S/C21H18ClN3O2S/c1-4-27-21(23-3)14-5-6-17(22)16(11-14)18-7-8-19(28-18)25-20(26)15-9-10-24-12-13(15)2/h4-12H,1H2,2-3H3,(H,25,26). The number of ether oxygens (including phenoxy) is 1. The minimum absolute atomic E-state index is 0.173. The Morgan fingerprint density at radius 3 is 2.86 bits per heavy atom. The number of rotatable bonds is 5. The number of thiophene rings is 1. The maximum absolute atomic E-state index is 12.5. The van der Waals surface area contributed by atoms with E-state index in [1.54, 1.807) is 31.6 Å². The number of aromatic nitrogens is 1. The second-order valence-electron chi connectivity index (χ2n) is 5.82. The maximum Gasteiger partial charge on any atom is 0.256 e. The number of carbonyl (C=O) groups is 1. The zero-order valence-electron chi connectivity index (χ0n) is 15.4. The molecule has 0 saturated heterocycles. The largest absolute Gasteiger partial charge is 0.447 e. The van der Waals surface area contributed by atoms with Crippen molar-refractivity contribution in [1.82, 2.24) is 4.98 Å². The molecule has 0 bridgehead atoms. The summed E-state index contributed by atoms with van der Waals surface area (Å²) < 4.78 is 5.34. The van der Waals surface area contributed by atoms with Crippen LogP contribution in [0.4, 0.5) is 5.00 Å². The summed E-state index contributed by atoms with van der Waals surface area (Å²) in [5.41, 5.74) is 3.03. The summed E-state index contributed by atoms with van der Waals surface area (Å²) in [6.45, 7) is 5.42. The van der Waals surface area contributed by atoms with Crippen LogP contribution in [0, 0.1) is 6.92 Å². The molecule has 0 aliphatic carbocycles. The van der Waals surface area contributed by atoms with E-state index >= 15 is 0 Å². The van der Waals surface area contributed by atoms with E-state index < -0.39 is 0 Å². The van der Waals surface area contributed by atoms with Crippen molar-refractivity contribution in [2.24, 2.45) is 4.99 Å². The average Bonchev–Trinajstić information content (AvgIpc) is 3.15. The van der Waals surface area contributed by atoms with E-state index in [2.05, 4.69) is 21.9 Å². The average molecular weight is 412 g/mol. The first kappa shape index (κ1) is 19.8. The molecule has 0 atom stereocenters. The third kappa shape index (κ3) is 4.30. The Bertz CT molecular complexity index is 1060. The van der Waals surface area contributed by atoms with Crippen molar-refractivity contribution in [3.63, 3.8) is 0 Å². The third-order valence-electron chi connectivity index (χ3n) is 3.98. The van der Waals surface area contributed by atoms with Crippen LogP contribution in [-0.4, -0.2) is 23.8 Å². The highest BCUT2D eigenvalue weighted by Gasteiger charge is 2.14. The van der Waals surface area contributed by atoms with Gasteiger partial charge in [-0.15, -0.1) is 11.3 Å². The number of aryl methyl sites for hydroxylation is 1. The van der Waals surface area contributed by atoms with Crippen LogP contribution in [0.25, 0.3) is 10.4 Å². The smallest absolute Gasteiger partial charge is 0.256 e. The lowest BCUT2D eigenvalue weighted by atomic mass is 10.1. The number of nitrogens with zero attached hydrogens (tertiary/aromatic N) is 2. The van der Waals surface area contributed by atoms with Crippen LogP contribution in [-0.2, 0) is 4.74 Å². The molecule has 2 heterocycles. The summed E-state index contributed by atoms with van der Waals surface area (Å²) in [7, 11) is 1.65. The van der Waals surface area contributed by atoms with Gasteiger partial charge in [-0.3, -0.25) is 14.8 Å². The van der Waals surface area contributed by atoms with Crippen LogP contribution in [0.5, 0.6) is 0 Å². The lowest BCUT2D eigenvalue weighted by molar-refractivity contribution is 0.102. The van der Waals surface area contributed by atoms with Crippen LogP contribution in [0.15, 0.2) is 66.6 Å². The zero-order chi connectivity index (χ0) is 20.1. The molecule has 0 aliphatic heterocycles. The topological polar surface area (TPSA) is 63.6 Å². The summed E-state index contributed by atoms with van der Waals surface area (Å²) in [5, 5.41) is 4.25. The first-order valence-corrected chi connectivity index (χ1v) is 9.59. The summed E-state index contributed by atoms with van der Waals surface area (Å²) in [6, 6.07) is 11.0. The van der Waals surface area contributed by atoms with Crippen molar-refractivity contribution in [3.8, 4) is 10.4 Å². The lowest BCUT2D eigenvalue weighted by Crippen LogP contribution is -2.12. The number of hydrogen-bond donors (Lipinski definition) is 1. The second-order valence-corrected chi connectivity index (χ2v) is 7.31. The van der Waals surface area contributed by atoms with Gasteiger partial charge in [0.25, 0.3) is 5.91 Å². The van der Waals surface area contributed by atoms with Gasteiger partial charge in [-0.25, -0.2) is 0 Å². The normalized spacial score (nSPS) is 11.2. The van der Waals surface area contributed by atoms with Crippen molar-refractivity contribution in [3.05, 3.63) is 83.3 Å². The highest BCUT2D eigenvalue weighted by molar-refractivity contribution is 7.19. The fourth-order valence-electron chi connectivity index (χ4n) is 2.63. The van der Waals surface area contributed by atoms with E-state index in [-0.39, 0.29) is 5.91 Å². The number of anilines is 1. The van der Waals surface area contributed by atoms with E-state index in [0.29, 0.717) is 16.5 Å². The molecule has 0 aliphatic rings. The first-order valence-electron chi connectivity index (χ1n) is 8.40. The van der Waals surface area contributed by atoms with Gasteiger partial charge in [0.1, 0.15) is 0 Å². The van der Waals surface area contributed by atoms with Crippen molar-refractivity contribution in [2.45, 2.75) is 6.92 Å². The Kier molecular flexibility index (Phi) is 6.23. The van der Waals surface area contributed by atoms with Gasteiger partial charge in [-0.1, -0.05) is 18.2 Å². The van der Waals surface area contributed by atoms with Gasteiger partial charge in [0, 0.05) is 46.0 Å². The van der Waals surface area contributed by atoms with E-state index in [9.17, 15) is 4.79 Å². The molecule has 3 aromatic rings. The Morgan fingerprint density at radius 1 is 1.32 bits per heavy atom. The van der Waals surface area contributed by atoms with Gasteiger partial charge in [-0.05, 0) is 48.9 Å². The molecule has 1 aromatic carbocycles. The number of aliphatic imine (C=N–C) groups is 1. The van der Waals surface area contributed by atoms with E-state index in [0.717, 1.165) is 26.6 Å². The summed E-state index contributed by atoms with van der Waals surface area (Å²) in [6.07, 6.45) is 4.60. The van der Waals surface area contributed by atoms with E-state index in [4.69, 9.17) is 16.3 Å². The summed E-state index contributed by atoms with van der Waals surface area (Å²) in [5.74, 6) is 0.277. The Morgan fingerprint density at radius 2 is 2.14 bits per heavy atom. The zero-order valence-corrected chi connectivity index (χ0v) is 17.0. The van der Waals surface area contributed by atoms with Crippen molar-refractivity contribution >= 4 is 39.7 Å². The van der Waals surface area contributed by atoms with Gasteiger partial charge < -0.3 is 10.1 Å². The highest BCUT2D eigenvalue weighted by Crippen LogP contribution is 2.36. The van der Waals surface area contributed by atoms with Crippen molar-refractivity contribution < 1.29 is 9.53 Å². The second kappa shape index (κ2) is 8.82. The van der Waals surface area contributed by atoms with E-state index in [1.807, 2.05) is 31.2 Å². The molecular weight excluding hydrogens is 394 g/mol. The van der Waals surface area contributed by atoms with Gasteiger partial charge in [0.2, 0.25) is 5.90 Å². The number of pyridine rings is 1. The minimum Gasteiger partial charge on any atom is -0.447 e. The molecule has 5 nitrogen and oxygen atoms in total. The molecule has 0 unspecified atom stereocenters. The fraction of sp³-hybridized carbons (Fsp3) is 0.0952. The monoisotopic (exact) mass is 411 g/mol. The van der Waals surface area contributed by atoms with Crippen molar-refractivity contribution in [1.29, 1.82) is 0 Å². The van der Waals surface area contributed by atoms with Crippen LogP contribution < -0.4 is 5.32 Å². The van der Waals surface area contributed by atoms with Crippen LogP contribution >= 0.6 is 22.9 Å². The molecule has 142 valence electrons. The van der Waals surface area contributed by atoms with Gasteiger partial charge >= 0.3 is 0 Å². The Balaban J connectivity index is 1.87. The van der Waals surface area contributed by atoms with Crippen LogP contribution in [0.2, 0.25) is 5.02 Å². The van der Waals surface area contributed by atoms with Gasteiger partial charge in [-0.2, -0.15) is 0 Å². The number of benzene rings is 1. The predicted octanol–water partition coefficient (Wildman–Crippen LogP) is 5.56. The molecular formula is C21H18ClN3O2S. The molecule has 28 heavy (non-hydrogen) atoms. The van der Waals surface area contributed by atoms with Crippen molar-refractivity contribution in [2.75, 3.05) is 12.4 Å². The number of carbonyl (C=O) groups excluding carboxylic acids is 1. The molecule has 0 spiro atoms. The molecule has 1 N–H and O–H groups in total. The molecule has 7 heteroatoms. The summed E-state index contributed by atoms with van der Waals surface area (Å²) >= 11 is 7.84. The number of nitrogens with one attached hydrogen (secondary N) is 1. The SMILES string of the molecule is C=COC(=NC)c1ccc(Cl)c(-c2ccc(NC(=O)c3ccncc3C)s2)c1. The van der Waals surface area contributed by atoms with Gasteiger partial charge in [0.05, 0.1) is 11.3 Å². The summed E-state index contributed by atoms with van der Waals surface area (Å²) in [4.78, 5) is 21.6. The number of hydrogen-bond acceptors (Lipinski definition) is 5. The van der Waals surface area contributed by atoms with Gasteiger partial charge in [0.15, 0.2) is 0 Å². The Labute approximate surface area is 172 Å². The molecule has 3 rings (SSSR count). The Hall–Kier alpha value is -2.96. The highest BCUT2D eigenvalue weighted by atomic mass is 35.5. The van der Waals surface area contributed by atoms with Crippen LogP contribution in [0.3, 0.4) is 0 Å². The fourth-order valence-corrected chi connectivity index (χ4v) is 3.84. The van der Waals surface area contributed by atoms with Crippen LogP contribution in [0.1, 0.15) is 21.5 Å². The molecule has 0 fully saturated rings. The molecule has 1 amide bonds. The first-order chi connectivity index (χ1) is 13.5. The number of halogens is 1. The molecule has 0 saturated carbocycles. The quantitative estimate of drug-likeness (QED) is 0.339. The molecule has 2 aromatic heterocycles. The third-order valence-corrected chi connectivity index (χ3v) is 5.35. The van der Waals surface area contributed by atoms with E-state index in [1.165, 1.54) is 17.6 Å².